The molecule has 1 aromatic carbocycles. The van der Waals surface area contributed by atoms with Crippen molar-refractivity contribution in [3.8, 4) is 0 Å². The minimum atomic E-state index is -0.512. The highest BCUT2D eigenvalue weighted by Crippen LogP contribution is 2.33. The summed E-state index contributed by atoms with van der Waals surface area (Å²) in [6.45, 7) is 7.35. The number of alkyl halides is 1. The highest BCUT2D eigenvalue weighted by molar-refractivity contribution is 9.08. The average Bonchev–Trinajstić information content (AvgIpc) is 2.69. The van der Waals surface area contributed by atoms with E-state index in [1.54, 1.807) is 4.90 Å². The standard InChI is InChI=1S/C17H23N3O3.CH3Br/c1-17(2,3)23-16(22)19-8-9-20-12(11-19)10-15(21)18-13-6-4-5-7-14(13)20;1-2/h4-7,12H,8-11H2,1-3H3,(H,18,21);1H3. The Morgan fingerprint density at radius 3 is 2.60 bits per heavy atom. The molecule has 0 spiro atoms. The normalized spacial score (nSPS) is 19.6. The van der Waals surface area contributed by atoms with Crippen molar-refractivity contribution in [3.05, 3.63) is 24.3 Å². The molecule has 6 nitrogen and oxygen atoms in total. The van der Waals surface area contributed by atoms with Gasteiger partial charge in [-0.2, -0.15) is 0 Å². The van der Waals surface area contributed by atoms with Gasteiger partial charge in [0.25, 0.3) is 0 Å². The van der Waals surface area contributed by atoms with Crippen LogP contribution in [0.25, 0.3) is 0 Å². The smallest absolute Gasteiger partial charge is 0.410 e. The van der Waals surface area contributed by atoms with Gasteiger partial charge in [0.2, 0.25) is 5.91 Å². The van der Waals surface area contributed by atoms with Crippen molar-refractivity contribution in [2.45, 2.75) is 38.8 Å². The fourth-order valence-electron chi connectivity index (χ4n) is 3.08. The van der Waals surface area contributed by atoms with Crippen molar-refractivity contribution < 1.29 is 14.3 Å². The lowest BCUT2D eigenvalue weighted by molar-refractivity contribution is -0.116. The van der Waals surface area contributed by atoms with E-state index >= 15 is 0 Å². The second-order valence-corrected chi connectivity index (χ2v) is 7.04. The van der Waals surface area contributed by atoms with Gasteiger partial charge in [-0.1, -0.05) is 28.1 Å². The number of carbonyl (C=O) groups excluding carboxylic acids is 2. The molecule has 2 aliphatic heterocycles. The number of halogens is 1. The zero-order valence-electron chi connectivity index (χ0n) is 15.2. The first-order valence-electron chi connectivity index (χ1n) is 8.35. The number of carbonyl (C=O) groups is 2. The number of fused-ring (bicyclic) bond motifs is 3. The minimum absolute atomic E-state index is 0.0176. The highest BCUT2D eigenvalue weighted by Gasteiger charge is 2.35. The summed E-state index contributed by atoms with van der Waals surface area (Å²) >= 11 is 2.94. The number of benzene rings is 1. The molecule has 2 heterocycles. The molecule has 138 valence electrons. The quantitative estimate of drug-likeness (QED) is 0.663. The molecule has 1 unspecified atom stereocenters. The highest BCUT2D eigenvalue weighted by atomic mass is 79.9. The molecule has 2 aliphatic rings. The Bertz CT molecular complexity index is 630. The number of nitrogens with zero attached hydrogens (tertiary/aromatic N) is 2. The maximum Gasteiger partial charge on any atom is 0.410 e. The number of anilines is 2. The summed E-state index contributed by atoms with van der Waals surface area (Å²) in [7, 11) is 0. The van der Waals surface area contributed by atoms with E-state index in [2.05, 4.69) is 26.1 Å². The number of hydrogen-bond acceptors (Lipinski definition) is 4. The average molecular weight is 412 g/mol. The maximum atomic E-state index is 12.3. The lowest BCUT2D eigenvalue weighted by Crippen LogP contribution is -2.55. The molecule has 2 amide bonds. The number of rotatable bonds is 0. The molecule has 1 saturated heterocycles. The Morgan fingerprint density at radius 1 is 1.24 bits per heavy atom. The molecule has 3 rings (SSSR count). The Hall–Kier alpha value is -1.76. The first-order valence-corrected chi connectivity index (χ1v) is 9.93. The lowest BCUT2D eigenvalue weighted by Gasteiger charge is -2.42. The van der Waals surface area contributed by atoms with Crippen LogP contribution < -0.4 is 10.2 Å². The van der Waals surface area contributed by atoms with Crippen LogP contribution in [0.1, 0.15) is 27.2 Å². The molecule has 0 aromatic heterocycles. The van der Waals surface area contributed by atoms with E-state index in [0.29, 0.717) is 26.1 Å². The number of hydrogen-bond donors (Lipinski definition) is 1. The second-order valence-electron chi connectivity index (χ2n) is 7.04. The molecule has 0 radical (unpaired) electrons. The molecule has 0 bridgehead atoms. The van der Waals surface area contributed by atoms with Crippen LogP contribution in [0.15, 0.2) is 24.3 Å². The number of piperazine rings is 1. The lowest BCUT2D eigenvalue weighted by atomic mass is 10.1. The van der Waals surface area contributed by atoms with Gasteiger partial charge in [-0.25, -0.2) is 4.79 Å². The molecule has 25 heavy (non-hydrogen) atoms. The van der Waals surface area contributed by atoms with Gasteiger partial charge in [-0.05, 0) is 38.7 Å². The number of amides is 2. The van der Waals surface area contributed by atoms with Crippen LogP contribution in [0, 0.1) is 0 Å². The van der Waals surface area contributed by atoms with E-state index in [1.165, 1.54) is 0 Å². The van der Waals surface area contributed by atoms with Gasteiger partial charge in [0.1, 0.15) is 5.60 Å². The van der Waals surface area contributed by atoms with Gasteiger partial charge >= 0.3 is 6.09 Å². The Kier molecular flexibility index (Phi) is 6.32. The Labute approximate surface area is 157 Å². The van der Waals surface area contributed by atoms with Crippen molar-refractivity contribution in [1.82, 2.24) is 4.90 Å². The van der Waals surface area contributed by atoms with Crippen LogP contribution in [0.2, 0.25) is 0 Å². The first kappa shape index (κ1) is 19.6. The number of ether oxygens (including phenoxy) is 1. The molecule has 1 fully saturated rings. The van der Waals surface area contributed by atoms with E-state index in [1.807, 2.05) is 50.9 Å². The number of para-hydroxylation sites is 2. The third-order valence-corrected chi connectivity index (χ3v) is 4.04. The summed E-state index contributed by atoms with van der Waals surface area (Å²) in [5.74, 6) is 1.79. The summed E-state index contributed by atoms with van der Waals surface area (Å²) in [6.07, 6.45) is 0.0589. The molecule has 0 aliphatic carbocycles. The summed E-state index contributed by atoms with van der Waals surface area (Å²) in [5, 5.41) is 2.95. The van der Waals surface area contributed by atoms with Gasteiger partial charge in [0.05, 0.1) is 17.4 Å². The van der Waals surface area contributed by atoms with Crippen molar-refractivity contribution in [3.63, 3.8) is 0 Å². The predicted molar refractivity (Wildman–Crippen MR) is 103 cm³/mol. The summed E-state index contributed by atoms with van der Waals surface area (Å²) in [6, 6.07) is 7.77. The SMILES string of the molecule is CBr.CC(C)(C)OC(=O)N1CCN2c3ccccc3NC(=O)CC2C1. The predicted octanol–water partition coefficient (Wildman–Crippen LogP) is 3.47. The monoisotopic (exact) mass is 411 g/mol. The van der Waals surface area contributed by atoms with Crippen molar-refractivity contribution >= 4 is 39.3 Å². The first-order chi connectivity index (χ1) is 11.8. The maximum absolute atomic E-state index is 12.3. The topological polar surface area (TPSA) is 61.9 Å². The molecule has 7 heteroatoms. The zero-order valence-corrected chi connectivity index (χ0v) is 16.8. The fourth-order valence-corrected chi connectivity index (χ4v) is 3.08. The Morgan fingerprint density at radius 2 is 1.92 bits per heavy atom. The molecular weight excluding hydrogens is 386 g/mol. The fraction of sp³-hybridized carbons (Fsp3) is 0.556. The van der Waals surface area contributed by atoms with Crippen LogP contribution in [-0.4, -0.2) is 54.0 Å². The van der Waals surface area contributed by atoms with E-state index in [4.69, 9.17) is 4.74 Å². The van der Waals surface area contributed by atoms with Gasteiger partial charge in [-0.3, -0.25) is 4.79 Å². The molecule has 0 saturated carbocycles. The second kappa shape index (κ2) is 8.08. The minimum Gasteiger partial charge on any atom is -0.444 e. The molecule has 1 aromatic rings. The molecule has 1 N–H and O–H groups in total. The van der Waals surface area contributed by atoms with Crippen LogP contribution in [0.5, 0.6) is 0 Å². The third kappa shape index (κ3) is 4.87. The molecular formula is C18H26BrN3O3. The van der Waals surface area contributed by atoms with Crippen LogP contribution >= 0.6 is 15.9 Å². The van der Waals surface area contributed by atoms with Gasteiger partial charge in [0.15, 0.2) is 0 Å². The van der Waals surface area contributed by atoms with E-state index in [-0.39, 0.29) is 18.0 Å². The number of nitrogens with one attached hydrogen (secondary N) is 1. The van der Waals surface area contributed by atoms with Crippen LogP contribution in [0.3, 0.4) is 0 Å². The van der Waals surface area contributed by atoms with Crippen molar-refractivity contribution in [2.24, 2.45) is 0 Å². The van der Waals surface area contributed by atoms with E-state index in [0.717, 1.165) is 11.4 Å². The largest absolute Gasteiger partial charge is 0.444 e. The van der Waals surface area contributed by atoms with Crippen molar-refractivity contribution in [1.29, 1.82) is 0 Å². The van der Waals surface area contributed by atoms with Crippen LogP contribution in [-0.2, 0) is 9.53 Å². The van der Waals surface area contributed by atoms with E-state index < -0.39 is 5.60 Å². The molecule has 1 atom stereocenters. The Balaban J connectivity index is 0.00000109. The summed E-state index contributed by atoms with van der Waals surface area (Å²) in [5.41, 5.74) is 1.35. The van der Waals surface area contributed by atoms with Gasteiger partial charge < -0.3 is 19.9 Å². The van der Waals surface area contributed by atoms with Gasteiger partial charge in [0, 0.05) is 26.1 Å². The zero-order chi connectivity index (χ0) is 18.6. The van der Waals surface area contributed by atoms with E-state index in [9.17, 15) is 9.59 Å². The summed E-state index contributed by atoms with van der Waals surface area (Å²) in [4.78, 5) is 28.3. The van der Waals surface area contributed by atoms with Gasteiger partial charge in [-0.15, -0.1) is 0 Å². The summed E-state index contributed by atoms with van der Waals surface area (Å²) < 4.78 is 5.45. The van der Waals surface area contributed by atoms with Crippen molar-refractivity contribution in [2.75, 3.05) is 35.7 Å². The van der Waals surface area contributed by atoms with Crippen LogP contribution in [0.4, 0.5) is 16.2 Å². The third-order valence-electron chi connectivity index (χ3n) is 4.04.